The molecule has 0 amide bonds. The summed E-state index contributed by atoms with van der Waals surface area (Å²) < 4.78 is 7.32. The summed E-state index contributed by atoms with van der Waals surface area (Å²) in [6, 6.07) is 18.7. The largest absolute Gasteiger partial charge is 0.363 e. The van der Waals surface area contributed by atoms with Gasteiger partial charge in [0.25, 0.3) is 0 Å². The van der Waals surface area contributed by atoms with Crippen LogP contribution in [0.3, 0.4) is 0 Å². The molecule has 19 heavy (non-hydrogen) atoms. The van der Waals surface area contributed by atoms with Gasteiger partial charge >= 0.3 is 0 Å². The van der Waals surface area contributed by atoms with Crippen LogP contribution >= 0.6 is 15.9 Å². The lowest BCUT2D eigenvalue weighted by molar-refractivity contribution is -0.0406. The molecule has 0 saturated carbocycles. The van der Waals surface area contributed by atoms with Crippen LogP contribution in [-0.4, -0.2) is 13.1 Å². The standard InChI is InChI=1S/C16H16BrNO/c17-14-8-4-7-13(9-14)16-11-18-10-15(19-16)12-5-2-1-3-6-12/h1-9,15-16,18H,10-11H2. The highest BCUT2D eigenvalue weighted by Gasteiger charge is 2.24. The second-order valence-corrected chi connectivity index (χ2v) is 5.65. The first-order valence-electron chi connectivity index (χ1n) is 6.49. The number of benzene rings is 2. The number of rotatable bonds is 2. The Bertz CT molecular complexity index is 543. The first kappa shape index (κ1) is 12.9. The molecule has 2 atom stereocenters. The third-order valence-electron chi connectivity index (χ3n) is 3.38. The van der Waals surface area contributed by atoms with Crippen LogP contribution in [0.2, 0.25) is 0 Å². The zero-order valence-electron chi connectivity index (χ0n) is 10.6. The van der Waals surface area contributed by atoms with E-state index < -0.39 is 0 Å². The van der Waals surface area contributed by atoms with Crippen LogP contribution in [0.25, 0.3) is 0 Å². The van der Waals surface area contributed by atoms with Gasteiger partial charge in [-0.25, -0.2) is 0 Å². The molecule has 3 rings (SSSR count). The van der Waals surface area contributed by atoms with E-state index in [1.165, 1.54) is 11.1 Å². The van der Waals surface area contributed by atoms with Gasteiger partial charge in [-0.15, -0.1) is 0 Å². The van der Waals surface area contributed by atoms with Gasteiger partial charge in [0.1, 0.15) is 0 Å². The van der Waals surface area contributed by atoms with Crippen molar-refractivity contribution in [3.8, 4) is 0 Å². The number of halogens is 1. The Morgan fingerprint density at radius 3 is 2.32 bits per heavy atom. The molecule has 2 unspecified atom stereocenters. The molecule has 0 bridgehead atoms. The van der Waals surface area contributed by atoms with Gasteiger partial charge < -0.3 is 10.1 Å². The third kappa shape index (κ3) is 3.06. The fourth-order valence-corrected chi connectivity index (χ4v) is 2.82. The maximum Gasteiger partial charge on any atom is 0.0958 e. The quantitative estimate of drug-likeness (QED) is 0.908. The van der Waals surface area contributed by atoms with Crippen molar-refractivity contribution in [2.24, 2.45) is 0 Å². The molecule has 1 heterocycles. The van der Waals surface area contributed by atoms with Crippen LogP contribution < -0.4 is 5.32 Å². The summed E-state index contributed by atoms with van der Waals surface area (Å²) in [5, 5.41) is 3.46. The van der Waals surface area contributed by atoms with Crippen molar-refractivity contribution in [3.05, 3.63) is 70.2 Å². The lowest BCUT2D eigenvalue weighted by Gasteiger charge is -2.31. The number of hydrogen-bond donors (Lipinski definition) is 1. The molecule has 98 valence electrons. The number of ether oxygens (including phenoxy) is 1. The van der Waals surface area contributed by atoms with Gasteiger partial charge in [0, 0.05) is 17.6 Å². The minimum Gasteiger partial charge on any atom is -0.363 e. The number of nitrogens with one attached hydrogen (secondary N) is 1. The van der Waals surface area contributed by atoms with E-state index in [-0.39, 0.29) is 12.2 Å². The van der Waals surface area contributed by atoms with Gasteiger partial charge in [-0.05, 0) is 23.3 Å². The Kier molecular flexibility index (Phi) is 3.97. The highest BCUT2D eigenvalue weighted by molar-refractivity contribution is 9.10. The molecule has 1 fully saturated rings. The number of hydrogen-bond acceptors (Lipinski definition) is 2. The van der Waals surface area contributed by atoms with E-state index in [2.05, 4.69) is 63.7 Å². The van der Waals surface area contributed by atoms with Gasteiger partial charge in [-0.1, -0.05) is 58.4 Å². The lowest BCUT2D eigenvalue weighted by Crippen LogP contribution is -2.35. The van der Waals surface area contributed by atoms with E-state index in [9.17, 15) is 0 Å². The first-order valence-corrected chi connectivity index (χ1v) is 7.29. The molecule has 2 aromatic carbocycles. The molecule has 1 saturated heterocycles. The summed E-state index contributed by atoms with van der Waals surface area (Å²) in [5.41, 5.74) is 2.44. The molecule has 0 spiro atoms. The topological polar surface area (TPSA) is 21.3 Å². The summed E-state index contributed by atoms with van der Waals surface area (Å²) >= 11 is 3.51. The van der Waals surface area contributed by atoms with Crippen molar-refractivity contribution in [3.63, 3.8) is 0 Å². The maximum absolute atomic E-state index is 6.23. The van der Waals surface area contributed by atoms with Crippen molar-refractivity contribution >= 4 is 15.9 Å². The van der Waals surface area contributed by atoms with Gasteiger partial charge in [0.2, 0.25) is 0 Å². The predicted molar refractivity (Wildman–Crippen MR) is 80.0 cm³/mol. The van der Waals surface area contributed by atoms with Crippen molar-refractivity contribution in [2.75, 3.05) is 13.1 Å². The molecular formula is C16H16BrNO. The second-order valence-electron chi connectivity index (χ2n) is 4.74. The fourth-order valence-electron chi connectivity index (χ4n) is 2.41. The summed E-state index contributed by atoms with van der Waals surface area (Å²) in [6.45, 7) is 1.73. The van der Waals surface area contributed by atoms with E-state index in [0.717, 1.165) is 17.6 Å². The Labute approximate surface area is 121 Å². The molecule has 1 aliphatic rings. The van der Waals surface area contributed by atoms with E-state index in [1.54, 1.807) is 0 Å². The van der Waals surface area contributed by atoms with Gasteiger partial charge in [-0.2, -0.15) is 0 Å². The molecule has 2 aromatic rings. The molecule has 1 aliphatic heterocycles. The normalized spacial score (nSPS) is 23.2. The van der Waals surface area contributed by atoms with Crippen LogP contribution in [-0.2, 0) is 4.74 Å². The van der Waals surface area contributed by atoms with E-state index in [4.69, 9.17) is 4.74 Å². The van der Waals surface area contributed by atoms with Crippen LogP contribution in [0, 0.1) is 0 Å². The average Bonchev–Trinajstić information content (AvgIpc) is 2.48. The molecule has 0 aliphatic carbocycles. The molecule has 1 N–H and O–H groups in total. The van der Waals surface area contributed by atoms with E-state index in [0.29, 0.717) is 0 Å². The predicted octanol–water partition coefficient (Wildman–Crippen LogP) is 3.85. The summed E-state index contributed by atoms with van der Waals surface area (Å²) in [4.78, 5) is 0. The van der Waals surface area contributed by atoms with Gasteiger partial charge in [0.05, 0.1) is 12.2 Å². The van der Waals surface area contributed by atoms with Crippen molar-refractivity contribution < 1.29 is 4.74 Å². The molecule has 3 heteroatoms. The molecular weight excluding hydrogens is 302 g/mol. The Balaban J connectivity index is 1.78. The number of morpholine rings is 1. The zero-order valence-corrected chi connectivity index (χ0v) is 12.1. The van der Waals surface area contributed by atoms with Crippen molar-refractivity contribution in [1.29, 1.82) is 0 Å². The minimum absolute atomic E-state index is 0.108. The van der Waals surface area contributed by atoms with Gasteiger partial charge in [0.15, 0.2) is 0 Å². The highest BCUT2D eigenvalue weighted by Crippen LogP contribution is 2.30. The average molecular weight is 318 g/mol. The zero-order chi connectivity index (χ0) is 13.1. The van der Waals surface area contributed by atoms with E-state index in [1.807, 2.05) is 12.1 Å². The minimum atomic E-state index is 0.108. The van der Waals surface area contributed by atoms with E-state index >= 15 is 0 Å². The molecule has 0 aromatic heterocycles. The van der Waals surface area contributed by atoms with Crippen molar-refractivity contribution in [2.45, 2.75) is 12.2 Å². The Morgan fingerprint density at radius 1 is 0.895 bits per heavy atom. The third-order valence-corrected chi connectivity index (χ3v) is 3.87. The Hall–Kier alpha value is -1.16. The Morgan fingerprint density at radius 2 is 1.58 bits per heavy atom. The van der Waals surface area contributed by atoms with Crippen LogP contribution in [0.15, 0.2) is 59.1 Å². The lowest BCUT2D eigenvalue weighted by atomic mass is 10.0. The highest BCUT2D eigenvalue weighted by atomic mass is 79.9. The smallest absolute Gasteiger partial charge is 0.0958 e. The molecule has 2 nitrogen and oxygen atoms in total. The van der Waals surface area contributed by atoms with Gasteiger partial charge in [-0.3, -0.25) is 0 Å². The SMILES string of the molecule is Brc1cccc(C2CNCC(c3ccccc3)O2)c1. The summed E-state index contributed by atoms with van der Waals surface area (Å²) in [6.07, 6.45) is 0.232. The summed E-state index contributed by atoms with van der Waals surface area (Å²) in [5.74, 6) is 0. The first-order chi connectivity index (χ1) is 9.33. The van der Waals surface area contributed by atoms with Crippen LogP contribution in [0.4, 0.5) is 0 Å². The maximum atomic E-state index is 6.23. The summed E-state index contributed by atoms with van der Waals surface area (Å²) in [7, 11) is 0. The van der Waals surface area contributed by atoms with Crippen molar-refractivity contribution in [1.82, 2.24) is 5.32 Å². The van der Waals surface area contributed by atoms with Crippen LogP contribution in [0.1, 0.15) is 23.3 Å². The van der Waals surface area contributed by atoms with Crippen LogP contribution in [0.5, 0.6) is 0 Å². The monoisotopic (exact) mass is 317 g/mol. The molecule has 0 radical (unpaired) electrons. The fraction of sp³-hybridized carbons (Fsp3) is 0.250. The second kappa shape index (κ2) is 5.87.